The first-order valence-corrected chi connectivity index (χ1v) is 7.69. The highest BCUT2D eigenvalue weighted by Gasteiger charge is 2.22. The van der Waals surface area contributed by atoms with Gasteiger partial charge in [0.1, 0.15) is 16.9 Å². The van der Waals surface area contributed by atoms with Gasteiger partial charge in [-0.2, -0.15) is 5.10 Å². The van der Waals surface area contributed by atoms with Crippen molar-refractivity contribution in [3.05, 3.63) is 28.7 Å². The van der Waals surface area contributed by atoms with Gasteiger partial charge in [0.2, 0.25) is 0 Å². The van der Waals surface area contributed by atoms with E-state index in [-0.39, 0.29) is 0 Å². The summed E-state index contributed by atoms with van der Waals surface area (Å²) in [7, 11) is 1.65. The summed E-state index contributed by atoms with van der Waals surface area (Å²) in [6, 6.07) is 3.77. The average molecular weight is 329 g/mol. The zero-order valence-corrected chi connectivity index (χ0v) is 13.8. The van der Waals surface area contributed by atoms with Gasteiger partial charge in [0.05, 0.1) is 24.1 Å². The second kappa shape index (κ2) is 4.99. The number of ether oxygens (including phenoxy) is 1. The summed E-state index contributed by atoms with van der Waals surface area (Å²) >= 11 is 5.26. The van der Waals surface area contributed by atoms with Gasteiger partial charge in [-0.1, -0.05) is 0 Å². The van der Waals surface area contributed by atoms with Crippen LogP contribution in [0.15, 0.2) is 27.2 Å². The summed E-state index contributed by atoms with van der Waals surface area (Å²) in [6.07, 6.45) is 1.64. The fourth-order valence-electron chi connectivity index (χ4n) is 3.00. The van der Waals surface area contributed by atoms with E-state index in [1.165, 1.54) is 0 Å². The number of nitrogens with zero attached hydrogens (tertiary/aromatic N) is 2. The number of aromatic nitrogens is 3. The maximum absolute atomic E-state index is 6.07. The van der Waals surface area contributed by atoms with Crippen molar-refractivity contribution in [2.24, 2.45) is 0 Å². The Morgan fingerprint density at radius 1 is 1.39 bits per heavy atom. The molecule has 0 amide bonds. The molecule has 0 saturated heterocycles. The van der Waals surface area contributed by atoms with Gasteiger partial charge in [-0.3, -0.25) is 9.67 Å². The molecule has 1 N–H and O–H groups in total. The van der Waals surface area contributed by atoms with E-state index < -0.39 is 0 Å². The van der Waals surface area contributed by atoms with Crippen LogP contribution in [0.2, 0.25) is 0 Å². The highest BCUT2D eigenvalue weighted by Crippen LogP contribution is 2.42. The molecule has 23 heavy (non-hydrogen) atoms. The Bertz CT molecular complexity index is 1080. The Labute approximate surface area is 136 Å². The molecule has 0 aliphatic heterocycles. The second-order valence-electron chi connectivity index (χ2n) is 5.27. The summed E-state index contributed by atoms with van der Waals surface area (Å²) in [5.41, 5.74) is 2.39. The van der Waals surface area contributed by atoms with Crippen LogP contribution in [-0.2, 0) is 6.54 Å². The third-order valence-corrected chi connectivity index (χ3v) is 4.40. The Kier molecular flexibility index (Phi) is 3.05. The van der Waals surface area contributed by atoms with E-state index in [0.29, 0.717) is 28.5 Å². The summed E-state index contributed by atoms with van der Waals surface area (Å²) in [5.74, 6) is 2.11. The number of H-pyrrole nitrogens is 1. The molecule has 1 aromatic carbocycles. The highest BCUT2D eigenvalue weighted by molar-refractivity contribution is 7.71. The standard InChI is InChI=1S/C16H15N3O3S/c1-4-19-15(17-18-16(19)23)13-8(2)12-11(22-13)7-10-9(5-6-21-10)14(12)20-3/h5-7H,4H2,1-3H3,(H,18,23). The molecule has 0 radical (unpaired) electrons. The fourth-order valence-corrected chi connectivity index (χ4v) is 3.26. The maximum atomic E-state index is 6.07. The largest absolute Gasteiger partial charge is 0.495 e. The molecule has 0 atom stereocenters. The van der Waals surface area contributed by atoms with Crippen molar-refractivity contribution in [1.82, 2.24) is 14.8 Å². The van der Waals surface area contributed by atoms with E-state index in [2.05, 4.69) is 10.2 Å². The lowest BCUT2D eigenvalue weighted by atomic mass is 10.1. The third-order valence-electron chi connectivity index (χ3n) is 4.08. The van der Waals surface area contributed by atoms with E-state index in [1.54, 1.807) is 13.4 Å². The molecule has 7 heteroatoms. The minimum Gasteiger partial charge on any atom is -0.495 e. The third kappa shape index (κ3) is 1.86. The fraction of sp³-hybridized carbons (Fsp3) is 0.250. The van der Waals surface area contributed by atoms with E-state index in [0.717, 1.165) is 27.7 Å². The number of rotatable bonds is 3. The van der Waals surface area contributed by atoms with Crippen molar-refractivity contribution in [3.63, 3.8) is 0 Å². The minimum atomic E-state index is 0.572. The van der Waals surface area contributed by atoms with Crippen molar-refractivity contribution in [2.75, 3.05) is 7.11 Å². The molecule has 0 unspecified atom stereocenters. The molecular weight excluding hydrogens is 314 g/mol. The number of methoxy groups -OCH3 is 1. The van der Waals surface area contributed by atoms with Crippen LogP contribution in [0.1, 0.15) is 12.5 Å². The second-order valence-corrected chi connectivity index (χ2v) is 5.65. The molecule has 4 aromatic rings. The summed E-state index contributed by atoms with van der Waals surface area (Å²) < 4.78 is 19.6. The molecule has 0 saturated carbocycles. The first-order chi connectivity index (χ1) is 11.2. The lowest BCUT2D eigenvalue weighted by molar-refractivity contribution is 0.424. The quantitative estimate of drug-likeness (QED) is 0.563. The number of furan rings is 2. The monoisotopic (exact) mass is 329 g/mol. The Hall–Kier alpha value is -2.54. The van der Waals surface area contributed by atoms with Gasteiger partial charge in [0.15, 0.2) is 16.4 Å². The van der Waals surface area contributed by atoms with Crippen LogP contribution in [0.25, 0.3) is 33.5 Å². The van der Waals surface area contributed by atoms with Gasteiger partial charge >= 0.3 is 0 Å². The zero-order valence-electron chi connectivity index (χ0n) is 13.0. The molecule has 0 bridgehead atoms. The van der Waals surface area contributed by atoms with Crippen LogP contribution < -0.4 is 4.74 Å². The van der Waals surface area contributed by atoms with Crippen LogP contribution in [0, 0.1) is 11.7 Å². The normalized spacial score (nSPS) is 11.6. The molecule has 6 nitrogen and oxygen atoms in total. The number of hydrogen-bond donors (Lipinski definition) is 1. The van der Waals surface area contributed by atoms with E-state index in [4.69, 9.17) is 25.8 Å². The van der Waals surface area contributed by atoms with Crippen LogP contribution in [-0.4, -0.2) is 21.9 Å². The lowest BCUT2D eigenvalue weighted by Gasteiger charge is -2.03. The molecule has 0 spiro atoms. The predicted molar refractivity (Wildman–Crippen MR) is 89.4 cm³/mol. The van der Waals surface area contributed by atoms with Crippen LogP contribution in [0.5, 0.6) is 5.75 Å². The van der Waals surface area contributed by atoms with Gasteiger partial charge in [0, 0.05) is 18.2 Å². The lowest BCUT2D eigenvalue weighted by Crippen LogP contribution is -1.97. The van der Waals surface area contributed by atoms with Crippen molar-refractivity contribution in [1.29, 1.82) is 0 Å². The number of hydrogen-bond acceptors (Lipinski definition) is 5. The highest BCUT2D eigenvalue weighted by atomic mass is 32.1. The van der Waals surface area contributed by atoms with Crippen molar-refractivity contribution >= 4 is 34.2 Å². The molecule has 118 valence electrons. The summed E-state index contributed by atoms with van der Waals surface area (Å²) in [4.78, 5) is 0. The maximum Gasteiger partial charge on any atom is 0.198 e. The van der Waals surface area contributed by atoms with Crippen molar-refractivity contribution < 1.29 is 13.6 Å². The Morgan fingerprint density at radius 2 is 2.22 bits per heavy atom. The Balaban J connectivity index is 2.10. The van der Waals surface area contributed by atoms with Crippen molar-refractivity contribution in [2.45, 2.75) is 20.4 Å². The molecule has 3 aromatic heterocycles. The van der Waals surface area contributed by atoms with Gasteiger partial charge in [-0.05, 0) is 32.1 Å². The van der Waals surface area contributed by atoms with Gasteiger partial charge in [0.25, 0.3) is 0 Å². The molecule has 0 aliphatic rings. The molecule has 4 rings (SSSR count). The number of aromatic amines is 1. The summed E-state index contributed by atoms with van der Waals surface area (Å²) in [6.45, 7) is 4.72. The van der Waals surface area contributed by atoms with E-state index in [9.17, 15) is 0 Å². The molecule has 0 fully saturated rings. The van der Waals surface area contributed by atoms with Gasteiger partial charge < -0.3 is 13.6 Å². The van der Waals surface area contributed by atoms with E-state index >= 15 is 0 Å². The van der Waals surface area contributed by atoms with Crippen LogP contribution >= 0.6 is 12.2 Å². The Morgan fingerprint density at radius 3 is 2.96 bits per heavy atom. The number of fused-ring (bicyclic) bond motifs is 2. The van der Waals surface area contributed by atoms with Crippen molar-refractivity contribution in [3.8, 4) is 17.3 Å². The number of benzene rings is 1. The molecule has 3 heterocycles. The minimum absolute atomic E-state index is 0.572. The van der Waals surface area contributed by atoms with Crippen LogP contribution in [0.4, 0.5) is 0 Å². The van der Waals surface area contributed by atoms with Crippen LogP contribution in [0.3, 0.4) is 0 Å². The average Bonchev–Trinajstić information content (AvgIpc) is 3.23. The van der Waals surface area contributed by atoms with E-state index in [1.807, 2.05) is 30.5 Å². The first kappa shape index (κ1) is 14.1. The first-order valence-electron chi connectivity index (χ1n) is 7.28. The smallest absolute Gasteiger partial charge is 0.198 e. The van der Waals surface area contributed by atoms with Gasteiger partial charge in [-0.25, -0.2) is 0 Å². The number of aryl methyl sites for hydroxylation is 1. The molecular formula is C16H15N3O3S. The predicted octanol–water partition coefficient (Wildman–Crippen LogP) is 4.44. The summed E-state index contributed by atoms with van der Waals surface area (Å²) in [5, 5.41) is 8.98. The SMILES string of the molecule is CCn1c(-c2oc3cc4occc4c(OC)c3c2C)n[nH]c1=S. The zero-order chi connectivity index (χ0) is 16.1. The number of nitrogens with one attached hydrogen (secondary N) is 1. The van der Waals surface area contributed by atoms with Gasteiger partial charge in [-0.15, -0.1) is 0 Å². The molecule has 0 aliphatic carbocycles. The topological polar surface area (TPSA) is 69.1 Å².